The Morgan fingerprint density at radius 3 is 2.73 bits per heavy atom. The second-order valence-electron chi connectivity index (χ2n) is 7.21. The first-order valence-corrected chi connectivity index (χ1v) is 10.4. The number of pyridine rings is 1. The van der Waals surface area contributed by atoms with Crippen LogP contribution < -0.4 is 24.8 Å². The molecule has 2 aromatic rings. The number of aromatic nitrogens is 1. The maximum absolute atomic E-state index is 12.8. The molecule has 0 bridgehead atoms. The molecule has 1 aromatic carbocycles. The number of amides is 1. The number of hydrogen-bond acceptors (Lipinski definition) is 7. The molecule has 1 unspecified atom stereocenters. The molecule has 2 N–H and O–H groups in total. The second-order valence-corrected chi connectivity index (χ2v) is 7.21. The van der Waals surface area contributed by atoms with Gasteiger partial charge in [0.2, 0.25) is 0 Å². The van der Waals surface area contributed by atoms with Gasteiger partial charge in [-0.2, -0.15) is 8.78 Å². The van der Waals surface area contributed by atoms with Gasteiger partial charge in [0.1, 0.15) is 22.9 Å². The lowest BCUT2D eigenvalue weighted by molar-refractivity contribution is -0.0499. The number of anilines is 2. The number of carbonyl (C=O) groups is 1. The Balaban J connectivity index is 2.24. The number of hydrogen-bond donors (Lipinski definition) is 2. The molecule has 10 heteroatoms. The first-order chi connectivity index (χ1) is 15.8. The van der Waals surface area contributed by atoms with Crippen LogP contribution in [0.1, 0.15) is 43.2 Å². The summed E-state index contributed by atoms with van der Waals surface area (Å²) in [5.41, 5.74) is 2.28. The van der Waals surface area contributed by atoms with E-state index < -0.39 is 6.61 Å². The Morgan fingerprint density at radius 1 is 1.36 bits per heavy atom. The first-order valence-electron chi connectivity index (χ1n) is 10.4. The van der Waals surface area contributed by atoms with E-state index in [0.717, 1.165) is 12.0 Å². The molecule has 0 saturated heterocycles. The number of carbonyl (C=O) groups excluding carboxylic acids is 1. The average molecular weight is 460 g/mol. The number of fused-ring (bicyclic) bond motifs is 2. The Labute approximate surface area is 190 Å². The summed E-state index contributed by atoms with van der Waals surface area (Å²) < 4.78 is 41.7. The molecule has 1 aromatic heterocycles. The van der Waals surface area contributed by atoms with Crippen molar-refractivity contribution >= 4 is 29.1 Å². The molecule has 176 valence electrons. The van der Waals surface area contributed by atoms with Gasteiger partial charge in [-0.05, 0) is 19.3 Å². The van der Waals surface area contributed by atoms with Crippen LogP contribution in [0.5, 0.6) is 23.0 Å². The predicted molar refractivity (Wildman–Crippen MR) is 122 cm³/mol. The average Bonchev–Trinajstić information content (AvgIpc) is 2.81. The topological polar surface area (TPSA) is 94.1 Å². The standard InChI is InChI=1S/C23H26F2N4O4/c1-6-12(3)14(10-27-7-2)18-21-19(15(11-28-18)22(30)26-4)29-20-16(31-5)8-13(32-23(24)25)9-17(20)33-21/h7-12,23,29H,6H2,1-5H3,(H,26,30)/b14-10+,27-7?. The van der Waals surface area contributed by atoms with Crippen LogP contribution in [0, 0.1) is 5.92 Å². The SMILES string of the molecule is CC=N/C=C(/c1ncc(C(=O)NC)c2c1Oc1cc(OC(F)F)cc(OC)c1N2)C(C)CC. The van der Waals surface area contributed by atoms with Gasteiger partial charge in [0, 0.05) is 43.4 Å². The maximum atomic E-state index is 12.8. The normalized spacial score (nSPS) is 13.6. The minimum atomic E-state index is -3.01. The molecule has 0 spiro atoms. The van der Waals surface area contributed by atoms with Crippen molar-refractivity contribution in [2.75, 3.05) is 19.5 Å². The lowest BCUT2D eigenvalue weighted by Gasteiger charge is -2.28. The molecule has 0 aliphatic carbocycles. The van der Waals surface area contributed by atoms with Gasteiger partial charge < -0.3 is 24.8 Å². The first kappa shape index (κ1) is 24.0. The number of rotatable bonds is 8. The minimum Gasteiger partial charge on any atom is -0.494 e. The van der Waals surface area contributed by atoms with Crippen molar-refractivity contribution in [1.82, 2.24) is 10.3 Å². The summed E-state index contributed by atoms with van der Waals surface area (Å²) in [5, 5.41) is 5.76. The monoisotopic (exact) mass is 460 g/mol. The van der Waals surface area contributed by atoms with Crippen molar-refractivity contribution < 1.29 is 27.8 Å². The Morgan fingerprint density at radius 2 is 2.12 bits per heavy atom. The van der Waals surface area contributed by atoms with E-state index in [2.05, 4.69) is 25.3 Å². The molecular weight excluding hydrogens is 434 g/mol. The number of nitrogens with one attached hydrogen (secondary N) is 2. The third-order valence-corrected chi connectivity index (χ3v) is 5.23. The molecule has 0 radical (unpaired) electrons. The maximum Gasteiger partial charge on any atom is 0.387 e. The van der Waals surface area contributed by atoms with Crippen molar-refractivity contribution in [1.29, 1.82) is 0 Å². The van der Waals surface area contributed by atoms with Gasteiger partial charge in [0.25, 0.3) is 5.91 Å². The van der Waals surface area contributed by atoms with Crippen LogP contribution in [0.25, 0.3) is 5.57 Å². The van der Waals surface area contributed by atoms with E-state index >= 15 is 0 Å². The van der Waals surface area contributed by atoms with Gasteiger partial charge >= 0.3 is 6.61 Å². The largest absolute Gasteiger partial charge is 0.494 e. The highest BCUT2D eigenvalue weighted by atomic mass is 19.3. The summed E-state index contributed by atoms with van der Waals surface area (Å²) in [7, 11) is 2.90. The lowest BCUT2D eigenvalue weighted by Crippen LogP contribution is -2.21. The number of allylic oxidation sites excluding steroid dienone is 1. The van der Waals surface area contributed by atoms with E-state index in [-0.39, 0.29) is 40.4 Å². The van der Waals surface area contributed by atoms with E-state index in [1.54, 1.807) is 19.3 Å². The summed E-state index contributed by atoms with van der Waals surface area (Å²) in [4.78, 5) is 21.3. The van der Waals surface area contributed by atoms with E-state index in [1.807, 2.05) is 13.8 Å². The molecule has 0 saturated carbocycles. The number of aliphatic imine (C=N–C) groups is 1. The van der Waals surface area contributed by atoms with Crippen LogP contribution in [-0.4, -0.2) is 37.9 Å². The van der Waals surface area contributed by atoms with E-state index in [0.29, 0.717) is 17.1 Å². The van der Waals surface area contributed by atoms with Gasteiger partial charge in [-0.1, -0.05) is 13.8 Å². The Bertz CT molecular complexity index is 1100. The molecule has 2 heterocycles. The van der Waals surface area contributed by atoms with Gasteiger partial charge in [-0.25, -0.2) is 0 Å². The number of halogens is 2. The summed E-state index contributed by atoms with van der Waals surface area (Å²) >= 11 is 0. The summed E-state index contributed by atoms with van der Waals surface area (Å²) in [6.45, 7) is 2.85. The van der Waals surface area contributed by atoms with Crippen molar-refractivity contribution in [3.63, 3.8) is 0 Å². The molecular formula is C23H26F2N4O4. The molecule has 0 fully saturated rings. The van der Waals surface area contributed by atoms with Crippen molar-refractivity contribution in [2.45, 2.75) is 33.8 Å². The van der Waals surface area contributed by atoms with Gasteiger partial charge in [-0.3, -0.25) is 14.8 Å². The zero-order chi connectivity index (χ0) is 24.1. The van der Waals surface area contributed by atoms with Crippen LogP contribution in [0.2, 0.25) is 0 Å². The lowest BCUT2D eigenvalue weighted by atomic mass is 9.94. The quantitative estimate of drug-likeness (QED) is 0.439. The van der Waals surface area contributed by atoms with E-state index in [4.69, 9.17) is 9.47 Å². The highest BCUT2D eigenvalue weighted by molar-refractivity contribution is 6.03. The van der Waals surface area contributed by atoms with Crippen LogP contribution in [0.15, 0.2) is 29.5 Å². The molecule has 1 aliphatic rings. The summed E-state index contributed by atoms with van der Waals surface area (Å²) in [6, 6.07) is 2.64. The van der Waals surface area contributed by atoms with Crippen molar-refractivity contribution in [2.24, 2.45) is 10.9 Å². The smallest absolute Gasteiger partial charge is 0.387 e. The van der Waals surface area contributed by atoms with Crippen molar-refractivity contribution in [3.8, 4) is 23.0 Å². The number of nitrogens with zero attached hydrogens (tertiary/aromatic N) is 2. The molecule has 1 aliphatic heterocycles. The molecule has 1 amide bonds. The number of ether oxygens (including phenoxy) is 3. The third-order valence-electron chi connectivity index (χ3n) is 5.23. The van der Waals surface area contributed by atoms with Crippen LogP contribution >= 0.6 is 0 Å². The highest BCUT2D eigenvalue weighted by Crippen LogP contribution is 2.52. The Hall–Kier alpha value is -3.69. The van der Waals surface area contributed by atoms with Gasteiger partial charge in [0.05, 0.1) is 18.4 Å². The number of alkyl halides is 2. The van der Waals surface area contributed by atoms with Crippen LogP contribution in [0.3, 0.4) is 0 Å². The molecule has 33 heavy (non-hydrogen) atoms. The van der Waals surface area contributed by atoms with Gasteiger partial charge in [0.15, 0.2) is 11.5 Å². The van der Waals surface area contributed by atoms with Crippen molar-refractivity contribution in [3.05, 3.63) is 35.8 Å². The van der Waals surface area contributed by atoms with Crippen LogP contribution in [0.4, 0.5) is 20.2 Å². The number of methoxy groups -OCH3 is 1. The molecule has 3 rings (SSSR count). The predicted octanol–water partition coefficient (Wildman–Crippen LogP) is 5.38. The Kier molecular flexibility index (Phi) is 7.47. The molecule has 8 nitrogen and oxygen atoms in total. The molecule has 1 atom stereocenters. The zero-order valence-electron chi connectivity index (χ0n) is 19.0. The minimum absolute atomic E-state index is 0.0733. The third kappa shape index (κ3) is 4.89. The fourth-order valence-electron chi connectivity index (χ4n) is 3.36. The fraction of sp³-hybridized carbons (Fsp3) is 0.348. The highest BCUT2D eigenvalue weighted by Gasteiger charge is 2.31. The second kappa shape index (κ2) is 10.3. The van der Waals surface area contributed by atoms with Gasteiger partial charge in [-0.15, -0.1) is 0 Å². The fourth-order valence-corrected chi connectivity index (χ4v) is 3.36. The summed E-state index contributed by atoms with van der Waals surface area (Å²) in [6.07, 6.45) is 5.62. The van der Waals surface area contributed by atoms with E-state index in [1.165, 1.54) is 32.5 Å². The zero-order valence-corrected chi connectivity index (χ0v) is 19.0. The number of benzene rings is 1. The van der Waals surface area contributed by atoms with Crippen LogP contribution in [-0.2, 0) is 0 Å². The summed E-state index contributed by atoms with van der Waals surface area (Å²) in [5.74, 6) is 0.250. The van der Waals surface area contributed by atoms with E-state index in [9.17, 15) is 13.6 Å².